The highest BCUT2D eigenvalue weighted by molar-refractivity contribution is 7.99. The Bertz CT molecular complexity index is 776. The zero-order valence-corrected chi connectivity index (χ0v) is 11.8. The molecule has 0 unspecified atom stereocenters. The number of rotatable bonds is 5. The van der Waals surface area contributed by atoms with Gasteiger partial charge in [0.2, 0.25) is 11.8 Å². The Labute approximate surface area is 127 Å². The number of aromatic hydroxyl groups is 1. The van der Waals surface area contributed by atoms with Crippen LogP contribution in [0.25, 0.3) is 0 Å². The van der Waals surface area contributed by atoms with Crippen LogP contribution in [-0.2, 0) is 4.79 Å². The smallest absolute Gasteiger partial charge is 0.271 e. The summed E-state index contributed by atoms with van der Waals surface area (Å²) in [7, 11) is 0. The third-order valence-electron chi connectivity index (χ3n) is 2.39. The normalized spacial score (nSPS) is 10.2. The number of nitrogens with zero attached hydrogens (tertiary/aromatic N) is 2. The van der Waals surface area contributed by atoms with Gasteiger partial charge >= 0.3 is 0 Å². The molecule has 0 fully saturated rings. The van der Waals surface area contributed by atoms with Gasteiger partial charge in [-0.25, -0.2) is 0 Å². The number of non-ortho nitro benzene ring substituents is 1. The number of benzene rings is 1. The third kappa shape index (κ3) is 4.31. The zero-order valence-electron chi connectivity index (χ0n) is 11.0. The molecule has 2 aromatic rings. The second-order valence-corrected chi connectivity index (χ2v) is 5.02. The quantitative estimate of drug-likeness (QED) is 0.324. The van der Waals surface area contributed by atoms with Crippen molar-refractivity contribution in [1.29, 1.82) is 0 Å². The molecule has 3 N–H and O–H groups in total. The van der Waals surface area contributed by atoms with E-state index < -0.39 is 22.3 Å². The molecule has 0 spiro atoms. The van der Waals surface area contributed by atoms with E-state index in [1.165, 1.54) is 24.3 Å². The lowest BCUT2D eigenvalue weighted by Crippen LogP contribution is -2.15. The number of nitrogens with one attached hydrogen (secondary N) is 2. The Morgan fingerprint density at radius 3 is 2.91 bits per heavy atom. The molecule has 0 saturated heterocycles. The van der Waals surface area contributed by atoms with Crippen molar-refractivity contribution in [2.75, 3.05) is 11.1 Å². The molecule has 1 amide bonds. The lowest BCUT2D eigenvalue weighted by atomic mass is 10.3. The van der Waals surface area contributed by atoms with Gasteiger partial charge in [-0.05, 0) is 6.07 Å². The van der Waals surface area contributed by atoms with Crippen LogP contribution < -0.4 is 10.9 Å². The van der Waals surface area contributed by atoms with Crippen LogP contribution in [0.1, 0.15) is 0 Å². The van der Waals surface area contributed by atoms with Gasteiger partial charge < -0.3 is 15.4 Å². The van der Waals surface area contributed by atoms with Gasteiger partial charge in [-0.1, -0.05) is 17.8 Å². The standard InChI is InChI=1S/C12H10N4O5S/c17-9-5-10(18)15-12(14-9)22-6-11(19)13-7-2-1-3-8(4-7)16(20)21/h1-5H,6H2,(H,13,19)(H2,14,15,17,18). The van der Waals surface area contributed by atoms with E-state index in [1.807, 2.05) is 0 Å². The molecule has 0 saturated carbocycles. The van der Waals surface area contributed by atoms with Gasteiger partial charge in [0, 0.05) is 17.8 Å². The van der Waals surface area contributed by atoms with Crippen LogP contribution in [0.15, 0.2) is 40.3 Å². The van der Waals surface area contributed by atoms with E-state index in [2.05, 4.69) is 15.3 Å². The molecule has 1 aromatic carbocycles. The van der Waals surface area contributed by atoms with Gasteiger partial charge in [0.15, 0.2) is 5.16 Å². The maximum atomic E-state index is 11.8. The Balaban J connectivity index is 1.97. The van der Waals surface area contributed by atoms with E-state index >= 15 is 0 Å². The van der Waals surface area contributed by atoms with Crippen molar-refractivity contribution in [2.24, 2.45) is 0 Å². The number of carbonyl (C=O) groups excluding carboxylic acids is 1. The number of amides is 1. The van der Waals surface area contributed by atoms with Crippen molar-refractivity contribution in [3.05, 3.63) is 50.8 Å². The first kappa shape index (κ1) is 15.5. The second kappa shape index (κ2) is 6.72. The van der Waals surface area contributed by atoms with E-state index in [4.69, 9.17) is 5.11 Å². The Hall–Kier alpha value is -2.88. The number of aromatic amines is 1. The lowest BCUT2D eigenvalue weighted by molar-refractivity contribution is -0.384. The van der Waals surface area contributed by atoms with Gasteiger partial charge in [-0.3, -0.25) is 19.7 Å². The maximum absolute atomic E-state index is 11.8. The predicted molar refractivity (Wildman–Crippen MR) is 79.0 cm³/mol. The van der Waals surface area contributed by atoms with Crippen LogP contribution >= 0.6 is 11.8 Å². The molecule has 0 bridgehead atoms. The predicted octanol–water partition coefficient (Wildman–Crippen LogP) is 1.11. The summed E-state index contributed by atoms with van der Waals surface area (Å²) < 4.78 is 0. The molecule has 22 heavy (non-hydrogen) atoms. The fourth-order valence-electron chi connectivity index (χ4n) is 1.52. The number of nitro groups is 1. The molecule has 0 aliphatic carbocycles. The van der Waals surface area contributed by atoms with Gasteiger partial charge in [0.05, 0.1) is 16.7 Å². The molecular weight excluding hydrogens is 312 g/mol. The summed E-state index contributed by atoms with van der Waals surface area (Å²) in [6.45, 7) is 0. The minimum absolute atomic E-state index is 0.0882. The van der Waals surface area contributed by atoms with Gasteiger partial charge in [-0.2, -0.15) is 4.98 Å². The van der Waals surface area contributed by atoms with E-state index in [0.29, 0.717) is 0 Å². The fraction of sp³-hybridized carbons (Fsp3) is 0.0833. The summed E-state index contributed by atoms with van der Waals surface area (Å²) in [5, 5.41) is 22.4. The molecule has 10 heteroatoms. The number of aromatic nitrogens is 2. The highest BCUT2D eigenvalue weighted by Gasteiger charge is 2.09. The summed E-state index contributed by atoms with van der Waals surface area (Å²) in [6.07, 6.45) is 0. The molecule has 114 valence electrons. The number of thioether (sulfide) groups is 1. The fourth-order valence-corrected chi connectivity index (χ4v) is 2.19. The van der Waals surface area contributed by atoms with Crippen molar-refractivity contribution in [2.45, 2.75) is 5.16 Å². The zero-order chi connectivity index (χ0) is 16.1. The van der Waals surface area contributed by atoms with E-state index in [0.717, 1.165) is 17.8 Å². The molecule has 0 aliphatic rings. The SMILES string of the molecule is O=C(CSc1nc(O)cc(=O)[nH]1)Nc1cccc([N+](=O)[O-])c1. The number of anilines is 1. The lowest BCUT2D eigenvalue weighted by Gasteiger charge is -2.04. The maximum Gasteiger partial charge on any atom is 0.271 e. The molecular formula is C12H10N4O5S. The van der Waals surface area contributed by atoms with Gasteiger partial charge in [0.1, 0.15) is 0 Å². The molecule has 9 nitrogen and oxygen atoms in total. The van der Waals surface area contributed by atoms with Crippen molar-refractivity contribution in [1.82, 2.24) is 9.97 Å². The summed E-state index contributed by atoms with van der Waals surface area (Å²) >= 11 is 0.914. The molecule has 0 radical (unpaired) electrons. The number of hydrogen-bond donors (Lipinski definition) is 3. The average molecular weight is 322 g/mol. The minimum atomic E-state index is -0.564. The highest BCUT2D eigenvalue weighted by Crippen LogP contribution is 2.18. The van der Waals surface area contributed by atoms with Crippen LogP contribution in [0.4, 0.5) is 11.4 Å². The van der Waals surface area contributed by atoms with Crippen LogP contribution in [0, 0.1) is 10.1 Å². The third-order valence-corrected chi connectivity index (χ3v) is 3.26. The Morgan fingerprint density at radius 2 is 2.23 bits per heavy atom. The molecule has 0 atom stereocenters. The van der Waals surface area contributed by atoms with Crippen molar-refractivity contribution < 1.29 is 14.8 Å². The molecule has 1 heterocycles. The second-order valence-electron chi connectivity index (χ2n) is 4.05. The summed E-state index contributed by atoms with van der Waals surface area (Å²) in [4.78, 5) is 38.9. The largest absolute Gasteiger partial charge is 0.493 e. The van der Waals surface area contributed by atoms with E-state index in [1.54, 1.807) is 0 Å². The van der Waals surface area contributed by atoms with E-state index in [-0.39, 0.29) is 22.3 Å². The summed E-state index contributed by atoms with van der Waals surface area (Å²) in [6, 6.07) is 6.43. The topological polar surface area (TPSA) is 138 Å². The highest BCUT2D eigenvalue weighted by atomic mass is 32.2. The number of H-pyrrole nitrogens is 1. The monoisotopic (exact) mass is 322 g/mol. The first-order valence-corrected chi connectivity index (χ1v) is 6.90. The number of carbonyl (C=O) groups is 1. The molecule has 0 aliphatic heterocycles. The summed E-state index contributed by atoms with van der Waals surface area (Å²) in [5.74, 6) is -0.962. The Morgan fingerprint density at radius 1 is 1.45 bits per heavy atom. The van der Waals surface area contributed by atoms with Gasteiger partial charge in [-0.15, -0.1) is 0 Å². The van der Waals surface area contributed by atoms with E-state index in [9.17, 15) is 19.7 Å². The molecule has 2 rings (SSSR count). The number of hydrogen-bond acceptors (Lipinski definition) is 7. The van der Waals surface area contributed by atoms with Crippen molar-refractivity contribution in [3.63, 3.8) is 0 Å². The first-order valence-electron chi connectivity index (χ1n) is 5.91. The van der Waals surface area contributed by atoms with Crippen LogP contribution in [-0.4, -0.2) is 31.7 Å². The van der Waals surface area contributed by atoms with Crippen molar-refractivity contribution >= 4 is 29.0 Å². The number of nitro benzene ring substituents is 1. The minimum Gasteiger partial charge on any atom is -0.493 e. The average Bonchev–Trinajstić information content (AvgIpc) is 2.44. The van der Waals surface area contributed by atoms with Gasteiger partial charge in [0.25, 0.3) is 11.2 Å². The Kier molecular flexibility index (Phi) is 4.73. The molecule has 1 aromatic heterocycles. The van der Waals surface area contributed by atoms with Crippen LogP contribution in [0.3, 0.4) is 0 Å². The summed E-state index contributed by atoms with van der Waals surface area (Å²) in [5.41, 5.74) is -0.379. The first-order chi connectivity index (χ1) is 10.4. The van der Waals surface area contributed by atoms with Crippen molar-refractivity contribution in [3.8, 4) is 5.88 Å². The van der Waals surface area contributed by atoms with Crippen LogP contribution in [0.2, 0.25) is 0 Å². The van der Waals surface area contributed by atoms with Crippen LogP contribution in [0.5, 0.6) is 5.88 Å².